The van der Waals surface area contributed by atoms with E-state index >= 15 is 0 Å². The maximum Gasteiger partial charge on any atom is 0.124 e. The molecular weight excluding hydrogens is 388 g/mol. The van der Waals surface area contributed by atoms with Crippen molar-refractivity contribution in [2.45, 2.75) is 17.7 Å². The Hall–Kier alpha value is -2.77. The van der Waals surface area contributed by atoms with Gasteiger partial charge in [-0.05, 0) is 43.3 Å². The fourth-order valence-electron chi connectivity index (χ4n) is 2.66. The Morgan fingerprint density at radius 1 is 1.04 bits per heavy atom. The number of hydrogen-bond donors (Lipinski definition) is 0. The summed E-state index contributed by atoms with van der Waals surface area (Å²) in [6.07, 6.45) is 1.80. The summed E-state index contributed by atoms with van der Waals surface area (Å²) in [6, 6.07) is 17.8. The first kappa shape index (κ1) is 18.6. The van der Waals surface area contributed by atoms with Gasteiger partial charge in [-0.15, -0.1) is 21.5 Å². The van der Waals surface area contributed by atoms with Crippen molar-refractivity contribution in [3.8, 4) is 26.9 Å². The number of thioether (sulfide) groups is 1. The van der Waals surface area contributed by atoms with E-state index in [1.54, 1.807) is 36.4 Å². The zero-order valence-corrected chi connectivity index (χ0v) is 17.1. The van der Waals surface area contributed by atoms with Gasteiger partial charge in [0, 0.05) is 17.5 Å². The van der Waals surface area contributed by atoms with Crippen molar-refractivity contribution < 1.29 is 4.74 Å². The van der Waals surface area contributed by atoms with Crippen LogP contribution in [0.1, 0.15) is 11.4 Å². The molecule has 3 heterocycles. The summed E-state index contributed by atoms with van der Waals surface area (Å²) in [7, 11) is 1.67. The van der Waals surface area contributed by atoms with Crippen LogP contribution in [0, 0.1) is 6.92 Å². The first-order valence-corrected chi connectivity index (χ1v) is 10.5. The van der Waals surface area contributed by atoms with Gasteiger partial charge >= 0.3 is 0 Å². The molecule has 7 heteroatoms. The lowest BCUT2D eigenvalue weighted by Crippen LogP contribution is -1.91. The van der Waals surface area contributed by atoms with Gasteiger partial charge in [-0.3, -0.25) is 4.98 Å². The first-order chi connectivity index (χ1) is 13.7. The van der Waals surface area contributed by atoms with Crippen molar-refractivity contribution in [2.75, 3.05) is 7.11 Å². The molecule has 4 aromatic rings. The minimum Gasteiger partial charge on any atom is -0.497 e. The number of thiazole rings is 1. The number of aromatic nitrogens is 4. The average molecular weight is 407 g/mol. The number of rotatable bonds is 6. The van der Waals surface area contributed by atoms with E-state index < -0.39 is 0 Å². The minimum atomic E-state index is 0.772. The zero-order valence-electron chi connectivity index (χ0n) is 15.5. The van der Waals surface area contributed by atoms with E-state index in [9.17, 15) is 0 Å². The Kier molecular flexibility index (Phi) is 5.64. The third kappa shape index (κ3) is 4.21. The third-order valence-corrected chi connectivity index (χ3v) is 6.26. The van der Waals surface area contributed by atoms with Crippen molar-refractivity contribution in [1.29, 1.82) is 0 Å². The molecule has 3 aromatic heterocycles. The highest BCUT2D eigenvalue weighted by Crippen LogP contribution is 2.35. The number of methoxy groups -OCH3 is 1. The molecule has 0 aliphatic heterocycles. The summed E-state index contributed by atoms with van der Waals surface area (Å²) >= 11 is 3.24. The Bertz CT molecular complexity index is 1070. The smallest absolute Gasteiger partial charge is 0.124 e. The number of aryl methyl sites for hydroxylation is 1. The molecule has 0 fully saturated rings. The van der Waals surface area contributed by atoms with Crippen LogP contribution in [0.3, 0.4) is 0 Å². The van der Waals surface area contributed by atoms with Crippen molar-refractivity contribution in [2.24, 2.45) is 0 Å². The molecule has 0 unspecified atom stereocenters. The van der Waals surface area contributed by atoms with Crippen LogP contribution in [0.5, 0.6) is 5.75 Å². The van der Waals surface area contributed by atoms with Crippen molar-refractivity contribution in [3.05, 3.63) is 72.2 Å². The highest BCUT2D eigenvalue weighted by molar-refractivity contribution is 7.98. The van der Waals surface area contributed by atoms with Gasteiger partial charge in [-0.2, -0.15) is 0 Å². The molecule has 0 saturated heterocycles. The van der Waals surface area contributed by atoms with Gasteiger partial charge in [0.2, 0.25) is 0 Å². The molecule has 1 aromatic carbocycles. The summed E-state index contributed by atoms with van der Waals surface area (Å²) in [6.45, 7) is 2.00. The molecule has 0 saturated carbocycles. The topological polar surface area (TPSA) is 60.8 Å². The van der Waals surface area contributed by atoms with E-state index in [0.29, 0.717) is 0 Å². The minimum absolute atomic E-state index is 0.772. The summed E-state index contributed by atoms with van der Waals surface area (Å²) in [5.41, 5.74) is 3.85. The lowest BCUT2D eigenvalue weighted by Gasteiger charge is -2.02. The molecule has 0 N–H and O–H groups in total. The van der Waals surface area contributed by atoms with Crippen LogP contribution in [0.4, 0.5) is 0 Å². The summed E-state index contributed by atoms with van der Waals surface area (Å²) in [5, 5.41) is 10.6. The predicted octanol–water partition coefficient (Wildman–Crippen LogP) is 5.27. The zero-order chi connectivity index (χ0) is 19.3. The highest BCUT2D eigenvalue weighted by atomic mass is 32.2. The summed E-state index contributed by atoms with van der Waals surface area (Å²) in [5.74, 6) is 1.59. The second-order valence-corrected chi connectivity index (χ2v) is 8.03. The van der Waals surface area contributed by atoms with E-state index in [4.69, 9.17) is 9.72 Å². The van der Waals surface area contributed by atoms with Gasteiger partial charge < -0.3 is 4.74 Å². The van der Waals surface area contributed by atoms with E-state index in [-0.39, 0.29) is 0 Å². The molecule has 0 spiro atoms. The Morgan fingerprint density at radius 3 is 2.71 bits per heavy atom. The maximum absolute atomic E-state index is 5.31. The van der Waals surface area contributed by atoms with Gasteiger partial charge in [0.1, 0.15) is 21.5 Å². The van der Waals surface area contributed by atoms with Crippen LogP contribution in [0.15, 0.2) is 65.8 Å². The molecule has 0 bridgehead atoms. The van der Waals surface area contributed by atoms with E-state index in [2.05, 4.69) is 15.2 Å². The third-order valence-electron chi connectivity index (χ3n) is 4.08. The largest absolute Gasteiger partial charge is 0.497 e. The van der Waals surface area contributed by atoms with Crippen molar-refractivity contribution >= 4 is 23.1 Å². The van der Waals surface area contributed by atoms with E-state index in [1.807, 2.05) is 61.5 Å². The first-order valence-electron chi connectivity index (χ1n) is 8.71. The van der Waals surface area contributed by atoms with Crippen LogP contribution < -0.4 is 4.74 Å². The van der Waals surface area contributed by atoms with Gasteiger partial charge in [0.05, 0.1) is 23.4 Å². The molecule has 5 nitrogen and oxygen atoms in total. The van der Waals surface area contributed by atoms with E-state index in [1.165, 1.54) is 0 Å². The van der Waals surface area contributed by atoms with Crippen LogP contribution in [0.2, 0.25) is 0 Å². The molecule has 0 aliphatic rings. The molecule has 0 aliphatic carbocycles. The van der Waals surface area contributed by atoms with Crippen LogP contribution >= 0.6 is 23.1 Å². The molecule has 0 radical (unpaired) electrons. The Morgan fingerprint density at radius 2 is 1.96 bits per heavy atom. The quantitative estimate of drug-likeness (QED) is 0.407. The van der Waals surface area contributed by atoms with Gasteiger partial charge in [-0.1, -0.05) is 30.0 Å². The second kappa shape index (κ2) is 8.50. The standard InChI is InChI=1S/C21H18N4OS2/c1-14-20(28-21(23-14)15-6-5-8-17(12-15)26-2)18-9-10-19(25-24-18)27-13-16-7-3-4-11-22-16/h3-12H,13H2,1-2H3. The number of pyridine rings is 1. The summed E-state index contributed by atoms with van der Waals surface area (Å²) in [4.78, 5) is 10.1. The number of hydrogen-bond acceptors (Lipinski definition) is 7. The van der Waals surface area contributed by atoms with E-state index in [0.717, 1.165) is 49.1 Å². The fraction of sp³-hybridized carbons (Fsp3) is 0.143. The predicted molar refractivity (Wildman–Crippen MR) is 114 cm³/mol. The molecule has 0 amide bonds. The second-order valence-electron chi connectivity index (χ2n) is 6.03. The lowest BCUT2D eigenvalue weighted by molar-refractivity contribution is 0.415. The van der Waals surface area contributed by atoms with Gasteiger partial charge in [0.15, 0.2) is 0 Å². The fourth-order valence-corrected chi connectivity index (χ4v) is 4.42. The lowest BCUT2D eigenvalue weighted by atomic mass is 10.2. The number of nitrogens with zero attached hydrogens (tertiary/aromatic N) is 4. The van der Waals surface area contributed by atoms with Crippen molar-refractivity contribution in [1.82, 2.24) is 20.2 Å². The van der Waals surface area contributed by atoms with Gasteiger partial charge in [-0.25, -0.2) is 4.98 Å². The van der Waals surface area contributed by atoms with Crippen molar-refractivity contribution in [3.63, 3.8) is 0 Å². The monoisotopic (exact) mass is 406 g/mol. The Balaban J connectivity index is 1.52. The molecule has 28 heavy (non-hydrogen) atoms. The Labute approximate surface area is 171 Å². The molecular formula is C21H18N4OS2. The average Bonchev–Trinajstić information content (AvgIpc) is 3.15. The summed E-state index contributed by atoms with van der Waals surface area (Å²) < 4.78 is 5.31. The molecule has 140 valence electrons. The highest BCUT2D eigenvalue weighted by Gasteiger charge is 2.13. The van der Waals surface area contributed by atoms with Crippen LogP contribution in [0.25, 0.3) is 21.1 Å². The molecule has 4 rings (SSSR count). The van der Waals surface area contributed by atoms with Crippen LogP contribution in [-0.2, 0) is 5.75 Å². The van der Waals surface area contributed by atoms with Gasteiger partial charge in [0.25, 0.3) is 0 Å². The normalized spacial score (nSPS) is 10.8. The maximum atomic E-state index is 5.31. The molecule has 0 atom stereocenters. The van der Waals surface area contributed by atoms with Crippen LogP contribution in [-0.4, -0.2) is 27.3 Å². The number of ether oxygens (including phenoxy) is 1. The number of benzene rings is 1. The SMILES string of the molecule is COc1cccc(-c2nc(C)c(-c3ccc(SCc4ccccn4)nn3)s2)c1.